The van der Waals surface area contributed by atoms with Gasteiger partial charge in [-0.1, -0.05) is 23.7 Å². The van der Waals surface area contributed by atoms with Gasteiger partial charge < -0.3 is 9.88 Å². The first-order valence-electron chi connectivity index (χ1n) is 11.7. The number of benzene rings is 1. The van der Waals surface area contributed by atoms with Crippen molar-refractivity contribution < 1.29 is 4.79 Å². The molecule has 0 radical (unpaired) electrons. The van der Waals surface area contributed by atoms with Gasteiger partial charge in [-0.25, -0.2) is 4.98 Å². The molecule has 35 heavy (non-hydrogen) atoms. The van der Waals surface area contributed by atoms with Crippen LogP contribution in [0.2, 0.25) is 5.02 Å². The van der Waals surface area contributed by atoms with E-state index in [1.165, 1.54) is 34.3 Å². The molecule has 178 valence electrons. The van der Waals surface area contributed by atoms with Crippen molar-refractivity contribution in [2.24, 2.45) is 7.05 Å². The first kappa shape index (κ1) is 22.2. The Bertz CT molecular complexity index is 1490. The molecule has 2 aliphatic rings. The Kier molecular flexibility index (Phi) is 5.38. The van der Waals surface area contributed by atoms with Gasteiger partial charge in [-0.2, -0.15) is 5.10 Å². The Morgan fingerprint density at radius 3 is 2.91 bits per heavy atom. The van der Waals surface area contributed by atoms with Crippen LogP contribution in [0.5, 0.6) is 0 Å². The molecular formula is C26H24ClN5O2S. The second-order valence-electron chi connectivity index (χ2n) is 9.46. The van der Waals surface area contributed by atoms with Gasteiger partial charge in [-0.05, 0) is 60.8 Å². The van der Waals surface area contributed by atoms with Gasteiger partial charge in [-0.3, -0.25) is 14.7 Å². The van der Waals surface area contributed by atoms with Crippen molar-refractivity contribution in [1.82, 2.24) is 19.7 Å². The van der Waals surface area contributed by atoms with Gasteiger partial charge in [-0.15, -0.1) is 11.3 Å². The number of carbonyl (C=O) groups is 1. The largest absolute Gasteiger partial charge is 0.333 e. The average molecular weight is 506 g/mol. The van der Waals surface area contributed by atoms with Crippen molar-refractivity contribution in [2.75, 3.05) is 5.32 Å². The topological polar surface area (TPSA) is 92.7 Å². The summed E-state index contributed by atoms with van der Waals surface area (Å²) < 4.78 is 1.47. The van der Waals surface area contributed by atoms with E-state index in [1.807, 2.05) is 19.1 Å². The maximum atomic E-state index is 13.3. The lowest BCUT2D eigenvalue weighted by molar-refractivity contribution is 0.0996. The fourth-order valence-corrected chi connectivity index (χ4v) is 7.06. The molecule has 2 atom stereocenters. The van der Waals surface area contributed by atoms with E-state index < -0.39 is 0 Å². The second-order valence-corrected chi connectivity index (χ2v) is 10.9. The summed E-state index contributed by atoms with van der Waals surface area (Å²) in [6, 6.07) is 5.97. The third-order valence-electron chi connectivity index (χ3n) is 7.23. The van der Waals surface area contributed by atoms with E-state index in [1.54, 1.807) is 37.0 Å². The van der Waals surface area contributed by atoms with Crippen LogP contribution in [0, 0.1) is 6.92 Å². The normalized spacial score (nSPS) is 18.1. The Morgan fingerprint density at radius 1 is 1.31 bits per heavy atom. The number of ketones is 1. The molecule has 2 bridgehead atoms. The molecule has 3 heterocycles. The molecule has 4 aromatic rings. The number of anilines is 2. The van der Waals surface area contributed by atoms with Gasteiger partial charge in [0.25, 0.3) is 5.56 Å². The third-order valence-corrected chi connectivity index (χ3v) is 9.02. The number of rotatable bonds is 6. The summed E-state index contributed by atoms with van der Waals surface area (Å²) in [5, 5.41) is 10.1. The van der Waals surface area contributed by atoms with E-state index in [0.717, 1.165) is 16.0 Å². The molecule has 2 N–H and O–H groups in total. The van der Waals surface area contributed by atoms with E-state index in [0.29, 0.717) is 33.8 Å². The molecule has 0 amide bonds. The van der Waals surface area contributed by atoms with Crippen LogP contribution < -0.4 is 10.9 Å². The maximum Gasteiger partial charge on any atom is 0.293 e. The van der Waals surface area contributed by atoms with Crippen LogP contribution in [0.4, 0.5) is 11.5 Å². The molecule has 2 unspecified atom stereocenters. The summed E-state index contributed by atoms with van der Waals surface area (Å²) in [4.78, 5) is 32.7. The summed E-state index contributed by atoms with van der Waals surface area (Å²) in [5.41, 5.74) is 4.74. The first-order valence-corrected chi connectivity index (χ1v) is 12.9. The van der Waals surface area contributed by atoms with Gasteiger partial charge in [0.05, 0.1) is 27.5 Å². The van der Waals surface area contributed by atoms with E-state index in [9.17, 15) is 9.59 Å². The number of thiophene rings is 1. The lowest BCUT2D eigenvalue weighted by Gasteiger charge is -2.14. The standard InChI is InChI=1S/C26H24ClN5O2S/c1-13-3-6-17(20-12-32(2)26(34)25(31-20)30-16-10-28-29-11-16)23(27)18(13)8-21(33)22-9-19-14-4-5-15(7-14)24(19)35-22/h3,6,9-12,14-15H,4-5,7-8H2,1-2H3,(H,28,29)(H,30,31). The van der Waals surface area contributed by atoms with Gasteiger partial charge in [0.2, 0.25) is 0 Å². The molecule has 3 aromatic heterocycles. The lowest BCUT2D eigenvalue weighted by Crippen LogP contribution is -2.21. The summed E-state index contributed by atoms with van der Waals surface area (Å²) in [5.74, 6) is 1.56. The second kappa shape index (κ2) is 8.46. The number of carbonyl (C=O) groups excluding carboxylic acids is 1. The SMILES string of the molecule is Cc1ccc(-c2cn(C)c(=O)c(Nc3cn[nH]c3)n2)c(Cl)c1CC(=O)c1cc2c(s1)C1CCC2C1. The minimum Gasteiger partial charge on any atom is -0.333 e. The molecule has 1 saturated carbocycles. The van der Waals surface area contributed by atoms with Gasteiger partial charge in [0.15, 0.2) is 11.6 Å². The van der Waals surface area contributed by atoms with Crippen LogP contribution in [-0.2, 0) is 13.5 Å². The van der Waals surface area contributed by atoms with Crippen LogP contribution in [-0.4, -0.2) is 25.5 Å². The average Bonchev–Trinajstić information content (AvgIpc) is 3.62. The summed E-state index contributed by atoms with van der Waals surface area (Å²) in [6.07, 6.45) is 8.86. The molecule has 0 spiro atoms. The summed E-state index contributed by atoms with van der Waals surface area (Å²) >= 11 is 8.56. The molecule has 0 saturated heterocycles. The molecule has 6 rings (SSSR count). The monoisotopic (exact) mass is 505 g/mol. The fourth-order valence-electron chi connectivity index (χ4n) is 5.35. The van der Waals surface area contributed by atoms with Crippen LogP contribution in [0.25, 0.3) is 11.3 Å². The zero-order chi connectivity index (χ0) is 24.3. The summed E-state index contributed by atoms with van der Waals surface area (Å²) in [7, 11) is 1.67. The van der Waals surface area contributed by atoms with Crippen molar-refractivity contribution >= 4 is 40.2 Å². The number of nitrogens with zero attached hydrogens (tertiary/aromatic N) is 3. The number of fused-ring (bicyclic) bond motifs is 5. The number of H-pyrrole nitrogens is 1. The number of Topliss-reactive ketones (excluding diaryl/α,β-unsaturated/α-hetero) is 1. The number of aryl methyl sites for hydroxylation is 2. The number of nitrogens with one attached hydrogen (secondary N) is 2. The molecule has 7 nitrogen and oxygen atoms in total. The quantitative estimate of drug-likeness (QED) is 0.326. The van der Waals surface area contributed by atoms with Crippen molar-refractivity contribution in [3.8, 4) is 11.3 Å². The van der Waals surface area contributed by atoms with Gasteiger partial charge in [0, 0.05) is 36.3 Å². The Hall–Kier alpha value is -3.23. The van der Waals surface area contributed by atoms with E-state index in [4.69, 9.17) is 11.6 Å². The number of halogens is 1. The van der Waals surface area contributed by atoms with Crippen LogP contribution in [0.3, 0.4) is 0 Å². The maximum absolute atomic E-state index is 13.3. The number of aromatic nitrogens is 4. The number of hydrogen-bond acceptors (Lipinski definition) is 6. The molecule has 0 aliphatic heterocycles. The third kappa shape index (κ3) is 3.81. The molecular weight excluding hydrogens is 482 g/mol. The van der Waals surface area contributed by atoms with Gasteiger partial charge in [0.1, 0.15) is 0 Å². The highest BCUT2D eigenvalue weighted by molar-refractivity contribution is 7.14. The van der Waals surface area contributed by atoms with Crippen molar-refractivity contribution in [1.29, 1.82) is 0 Å². The highest BCUT2D eigenvalue weighted by Gasteiger charge is 2.39. The van der Waals surface area contributed by atoms with E-state index in [-0.39, 0.29) is 23.6 Å². The van der Waals surface area contributed by atoms with E-state index in [2.05, 4.69) is 26.6 Å². The molecule has 9 heteroatoms. The Labute approximate surface area is 211 Å². The Morgan fingerprint density at radius 2 is 2.14 bits per heavy atom. The summed E-state index contributed by atoms with van der Waals surface area (Å²) in [6.45, 7) is 1.97. The predicted molar refractivity (Wildman–Crippen MR) is 138 cm³/mol. The fraction of sp³-hybridized carbons (Fsp3) is 0.308. The van der Waals surface area contributed by atoms with E-state index >= 15 is 0 Å². The van der Waals surface area contributed by atoms with Gasteiger partial charge >= 0.3 is 0 Å². The molecule has 2 aliphatic carbocycles. The smallest absolute Gasteiger partial charge is 0.293 e. The Balaban J connectivity index is 1.33. The number of hydrogen-bond donors (Lipinski definition) is 2. The van der Waals surface area contributed by atoms with Crippen LogP contribution in [0.15, 0.2) is 41.6 Å². The zero-order valence-corrected chi connectivity index (χ0v) is 21.0. The first-order chi connectivity index (χ1) is 16.9. The number of aromatic amines is 1. The molecule has 1 fully saturated rings. The molecule has 1 aromatic carbocycles. The minimum absolute atomic E-state index is 0.0988. The van der Waals surface area contributed by atoms with Crippen molar-refractivity contribution in [3.05, 3.63) is 78.6 Å². The zero-order valence-electron chi connectivity index (χ0n) is 19.4. The van der Waals surface area contributed by atoms with Crippen LogP contribution >= 0.6 is 22.9 Å². The predicted octanol–water partition coefficient (Wildman–Crippen LogP) is 5.73. The van der Waals surface area contributed by atoms with Crippen molar-refractivity contribution in [3.63, 3.8) is 0 Å². The highest BCUT2D eigenvalue weighted by atomic mass is 35.5. The van der Waals surface area contributed by atoms with Crippen LogP contribution in [0.1, 0.15) is 62.3 Å². The highest BCUT2D eigenvalue weighted by Crippen LogP contribution is 2.56. The lowest BCUT2D eigenvalue weighted by atomic mass is 9.96. The van der Waals surface area contributed by atoms with Crippen molar-refractivity contribution in [2.45, 2.75) is 44.4 Å². The minimum atomic E-state index is -0.270.